The molecule has 0 unspecified atom stereocenters. The number of unbranched alkanes of at least 4 members (excludes halogenated alkanes) is 2. The van der Waals surface area contributed by atoms with E-state index in [0.29, 0.717) is 0 Å². The van der Waals surface area contributed by atoms with E-state index in [9.17, 15) is 0 Å². The third-order valence-corrected chi connectivity index (χ3v) is 4.06. The Hall–Kier alpha value is -0.720. The first-order valence-electron chi connectivity index (χ1n) is 6.94. The fraction of sp³-hybridized carbons (Fsp3) is 0.692. The molecule has 1 aromatic heterocycles. The summed E-state index contributed by atoms with van der Waals surface area (Å²) in [6, 6.07) is 0. The van der Waals surface area contributed by atoms with Crippen LogP contribution in [0.25, 0.3) is 0 Å². The zero-order valence-electron chi connectivity index (χ0n) is 11.3. The molecule has 2 N–H and O–H groups in total. The van der Waals surface area contributed by atoms with Crippen molar-refractivity contribution in [2.45, 2.75) is 19.3 Å². The average molecular weight is 328 g/mol. The van der Waals surface area contributed by atoms with Crippen molar-refractivity contribution in [2.75, 3.05) is 44.2 Å². The van der Waals surface area contributed by atoms with E-state index in [-0.39, 0.29) is 0 Å². The van der Waals surface area contributed by atoms with E-state index in [2.05, 4.69) is 35.7 Å². The van der Waals surface area contributed by atoms with Crippen molar-refractivity contribution in [1.29, 1.82) is 0 Å². The van der Waals surface area contributed by atoms with Crippen LogP contribution < -0.4 is 10.6 Å². The number of nitrogens with zero attached hydrogens (tertiary/aromatic N) is 4. The fourth-order valence-corrected chi connectivity index (χ4v) is 2.85. The summed E-state index contributed by atoms with van der Waals surface area (Å²) < 4.78 is 0.978. The van der Waals surface area contributed by atoms with Gasteiger partial charge in [0.1, 0.15) is 12.1 Å². The Kier molecular flexibility index (Phi) is 6.00. The van der Waals surface area contributed by atoms with Gasteiger partial charge in [0.2, 0.25) is 0 Å². The van der Waals surface area contributed by atoms with E-state index >= 15 is 0 Å². The summed E-state index contributed by atoms with van der Waals surface area (Å²) in [5.41, 5.74) is 5.51. The Morgan fingerprint density at radius 1 is 1.16 bits per heavy atom. The standard InChI is InChI=1S/C13H22BrN5/c14-12-10-16-11-17-13(12)19-8-6-18(7-9-19)5-3-1-2-4-15/h10-11H,1-9,15H2. The van der Waals surface area contributed by atoms with E-state index in [1.165, 1.54) is 19.4 Å². The fourth-order valence-electron chi connectivity index (χ4n) is 2.38. The Bertz CT molecular complexity index is 379. The van der Waals surface area contributed by atoms with Crippen molar-refractivity contribution in [3.05, 3.63) is 17.0 Å². The zero-order valence-corrected chi connectivity index (χ0v) is 12.8. The van der Waals surface area contributed by atoms with Gasteiger partial charge >= 0.3 is 0 Å². The molecule has 6 heteroatoms. The van der Waals surface area contributed by atoms with Crippen LogP contribution in [-0.4, -0.2) is 54.1 Å². The van der Waals surface area contributed by atoms with E-state index in [0.717, 1.165) is 49.4 Å². The first-order valence-corrected chi connectivity index (χ1v) is 7.73. The van der Waals surface area contributed by atoms with Gasteiger partial charge < -0.3 is 10.6 Å². The molecule has 0 saturated carbocycles. The molecule has 1 fully saturated rings. The predicted octanol–water partition coefficient (Wildman–Crippen LogP) is 1.49. The number of hydrogen-bond donors (Lipinski definition) is 1. The van der Waals surface area contributed by atoms with Gasteiger partial charge in [-0.2, -0.15) is 0 Å². The molecule has 0 bridgehead atoms. The highest BCUT2D eigenvalue weighted by atomic mass is 79.9. The van der Waals surface area contributed by atoms with E-state index in [1.807, 2.05) is 6.20 Å². The van der Waals surface area contributed by atoms with Gasteiger partial charge in [0.15, 0.2) is 0 Å². The Balaban J connectivity index is 1.75. The summed E-state index contributed by atoms with van der Waals surface area (Å²) in [5, 5.41) is 0. The molecule has 2 heterocycles. The van der Waals surface area contributed by atoms with Crippen LogP contribution in [-0.2, 0) is 0 Å². The maximum Gasteiger partial charge on any atom is 0.146 e. The van der Waals surface area contributed by atoms with Crippen LogP contribution in [0.3, 0.4) is 0 Å². The van der Waals surface area contributed by atoms with E-state index in [1.54, 1.807) is 6.33 Å². The largest absolute Gasteiger partial charge is 0.353 e. The number of rotatable bonds is 6. The Labute approximate surface area is 123 Å². The van der Waals surface area contributed by atoms with Gasteiger partial charge in [-0.25, -0.2) is 9.97 Å². The molecule has 0 amide bonds. The number of anilines is 1. The maximum absolute atomic E-state index is 5.51. The van der Waals surface area contributed by atoms with E-state index in [4.69, 9.17) is 5.73 Å². The lowest BCUT2D eigenvalue weighted by molar-refractivity contribution is 0.252. The van der Waals surface area contributed by atoms with Crippen LogP contribution in [0, 0.1) is 0 Å². The van der Waals surface area contributed by atoms with Crippen molar-refractivity contribution in [2.24, 2.45) is 5.73 Å². The van der Waals surface area contributed by atoms with Crippen LogP contribution in [0.5, 0.6) is 0 Å². The number of nitrogens with two attached hydrogens (primary N) is 1. The van der Waals surface area contributed by atoms with Crippen molar-refractivity contribution in [1.82, 2.24) is 14.9 Å². The van der Waals surface area contributed by atoms with Gasteiger partial charge in [0.25, 0.3) is 0 Å². The minimum atomic E-state index is 0.815. The van der Waals surface area contributed by atoms with Gasteiger partial charge in [0.05, 0.1) is 4.47 Å². The molecule has 1 aliphatic heterocycles. The monoisotopic (exact) mass is 327 g/mol. The highest BCUT2D eigenvalue weighted by Gasteiger charge is 2.19. The lowest BCUT2D eigenvalue weighted by Crippen LogP contribution is -2.47. The molecule has 0 atom stereocenters. The Morgan fingerprint density at radius 3 is 2.63 bits per heavy atom. The number of halogens is 1. The normalized spacial score (nSPS) is 16.8. The van der Waals surface area contributed by atoms with Gasteiger partial charge in [-0.1, -0.05) is 6.42 Å². The number of piperazine rings is 1. The predicted molar refractivity (Wildman–Crippen MR) is 81.3 cm³/mol. The summed E-state index contributed by atoms with van der Waals surface area (Å²) >= 11 is 3.51. The second kappa shape index (κ2) is 7.77. The second-order valence-electron chi connectivity index (χ2n) is 4.87. The highest BCUT2D eigenvalue weighted by Crippen LogP contribution is 2.22. The van der Waals surface area contributed by atoms with Gasteiger partial charge in [-0.3, -0.25) is 4.90 Å². The highest BCUT2D eigenvalue weighted by molar-refractivity contribution is 9.10. The van der Waals surface area contributed by atoms with E-state index < -0.39 is 0 Å². The molecular formula is C13H22BrN5. The number of aromatic nitrogens is 2. The molecule has 1 saturated heterocycles. The van der Waals surface area contributed by atoms with Gasteiger partial charge in [-0.05, 0) is 41.9 Å². The van der Waals surface area contributed by atoms with Crippen LogP contribution in [0.4, 0.5) is 5.82 Å². The molecule has 19 heavy (non-hydrogen) atoms. The van der Waals surface area contributed by atoms with Crippen molar-refractivity contribution >= 4 is 21.7 Å². The molecule has 2 rings (SSSR count). The van der Waals surface area contributed by atoms with Crippen LogP contribution >= 0.6 is 15.9 Å². The first kappa shape index (κ1) is 14.7. The minimum Gasteiger partial charge on any atom is -0.353 e. The smallest absolute Gasteiger partial charge is 0.146 e. The summed E-state index contributed by atoms with van der Waals surface area (Å²) in [4.78, 5) is 13.2. The second-order valence-corrected chi connectivity index (χ2v) is 5.73. The molecule has 0 radical (unpaired) electrons. The summed E-state index contributed by atoms with van der Waals surface area (Å²) in [6.07, 6.45) is 7.07. The Morgan fingerprint density at radius 2 is 1.95 bits per heavy atom. The third-order valence-electron chi connectivity index (χ3n) is 3.50. The lowest BCUT2D eigenvalue weighted by Gasteiger charge is -2.35. The molecule has 0 spiro atoms. The molecule has 106 valence electrons. The summed E-state index contributed by atoms with van der Waals surface area (Å²) in [6.45, 7) is 6.30. The molecule has 1 aliphatic rings. The summed E-state index contributed by atoms with van der Waals surface area (Å²) in [7, 11) is 0. The van der Waals surface area contributed by atoms with Crippen LogP contribution in [0.2, 0.25) is 0 Å². The minimum absolute atomic E-state index is 0.815. The lowest BCUT2D eigenvalue weighted by atomic mass is 10.2. The van der Waals surface area contributed by atoms with Crippen molar-refractivity contribution in [3.63, 3.8) is 0 Å². The number of hydrogen-bond acceptors (Lipinski definition) is 5. The SMILES string of the molecule is NCCCCCN1CCN(c2ncncc2Br)CC1. The molecular weight excluding hydrogens is 306 g/mol. The molecule has 1 aromatic rings. The van der Waals surface area contributed by atoms with Crippen LogP contribution in [0.1, 0.15) is 19.3 Å². The third kappa shape index (κ3) is 4.40. The average Bonchev–Trinajstić information content (AvgIpc) is 2.45. The van der Waals surface area contributed by atoms with Gasteiger partial charge in [-0.15, -0.1) is 0 Å². The summed E-state index contributed by atoms with van der Waals surface area (Å²) in [5.74, 6) is 1.01. The van der Waals surface area contributed by atoms with Gasteiger partial charge in [0, 0.05) is 32.4 Å². The molecule has 5 nitrogen and oxygen atoms in total. The topological polar surface area (TPSA) is 58.3 Å². The quantitative estimate of drug-likeness (QED) is 0.802. The molecule has 0 aromatic carbocycles. The first-order chi connectivity index (χ1) is 9.31. The maximum atomic E-state index is 5.51. The zero-order chi connectivity index (χ0) is 13.5. The van der Waals surface area contributed by atoms with Crippen molar-refractivity contribution in [3.8, 4) is 0 Å². The van der Waals surface area contributed by atoms with Crippen LogP contribution in [0.15, 0.2) is 17.0 Å². The molecule has 0 aliphatic carbocycles. The van der Waals surface area contributed by atoms with Crippen molar-refractivity contribution < 1.29 is 0 Å².